The van der Waals surface area contributed by atoms with Gasteiger partial charge in [-0.15, -0.1) is 0 Å². The SMILES string of the molecule is CC/C=C\C/C=C\C/C=C\C/C=C\C/C=C\CCCCCCCC(=O)OC(COC(=O)CCCCCCC/C=C\CCCC)COC(=O)CCCCCCCCCCCCCCCCCCCCCCC/C=C\CCCCCCCCCC. The molecule has 480 valence electrons. The van der Waals surface area contributed by atoms with Gasteiger partial charge in [0, 0.05) is 19.3 Å². The van der Waals surface area contributed by atoms with Gasteiger partial charge in [0.15, 0.2) is 6.10 Å². The summed E-state index contributed by atoms with van der Waals surface area (Å²) >= 11 is 0. The van der Waals surface area contributed by atoms with Crippen molar-refractivity contribution in [1.82, 2.24) is 0 Å². The van der Waals surface area contributed by atoms with E-state index in [1.807, 2.05) is 0 Å². The minimum Gasteiger partial charge on any atom is -0.462 e. The predicted molar refractivity (Wildman–Crippen MR) is 362 cm³/mol. The van der Waals surface area contributed by atoms with E-state index in [1.165, 1.54) is 212 Å². The van der Waals surface area contributed by atoms with E-state index in [0.717, 1.165) is 116 Å². The van der Waals surface area contributed by atoms with Crippen molar-refractivity contribution < 1.29 is 28.6 Å². The largest absolute Gasteiger partial charge is 0.462 e. The number of carbonyl (C=O) groups is 3. The average molecular weight is 1160 g/mol. The van der Waals surface area contributed by atoms with Crippen LogP contribution < -0.4 is 0 Å². The Balaban J connectivity index is 4.15. The van der Waals surface area contributed by atoms with Gasteiger partial charge in [0.25, 0.3) is 0 Å². The first-order chi connectivity index (χ1) is 41.0. The fourth-order valence-corrected chi connectivity index (χ4v) is 10.4. The third kappa shape index (κ3) is 69.3. The summed E-state index contributed by atoms with van der Waals surface area (Å²) in [6.45, 7) is 6.51. The van der Waals surface area contributed by atoms with Gasteiger partial charge in [-0.3, -0.25) is 14.4 Å². The van der Waals surface area contributed by atoms with E-state index in [2.05, 4.69) is 106 Å². The van der Waals surface area contributed by atoms with Gasteiger partial charge in [0.1, 0.15) is 13.2 Å². The second kappa shape index (κ2) is 71.1. The van der Waals surface area contributed by atoms with Crippen LogP contribution in [0.15, 0.2) is 85.1 Å². The molecule has 0 aromatic carbocycles. The lowest BCUT2D eigenvalue weighted by Crippen LogP contribution is -2.30. The minimum absolute atomic E-state index is 0.0845. The van der Waals surface area contributed by atoms with Gasteiger partial charge in [0.05, 0.1) is 0 Å². The molecule has 0 radical (unpaired) electrons. The molecule has 0 aliphatic heterocycles. The van der Waals surface area contributed by atoms with Crippen LogP contribution in [0.3, 0.4) is 0 Å². The fourth-order valence-electron chi connectivity index (χ4n) is 10.4. The standard InChI is InChI=1S/C77H136O6/c1-4-7-10-13-16-19-22-24-26-28-30-32-33-34-35-36-37-38-39-40-41-42-43-45-46-48-50-52-55-58-61-64-67-70-76(79)82-73-74(72-81-75(78)69-66-63-60-57-54-21-18-15-12-9-6-3)83-77(80)71-68-65-62-59-56-53-51-49-47-44-31-29-27-25-23-20-17-14-11-8-5-2/h8,11,15,17-18,20,25,27-28,30-31,44,49,51,74H,4-7,9-10,12-14,16,19,21-24,26,29,32-43,45-48,50,52-73H2,1-3H3/b11-8-,18-15-,20-17-,27-25-,30-28-,44-31-,51-49-. The molecular weight excluding hydrogens is 1020 g/mol. The van der Waals surface area contributed by atoms with Gasteiger partial charge in [-0.05, 0) is 109 Å². The van der Waals surface area contributed by atoms with Crippen molar-refractivity contribution in [2.45, 2.75) is 374 Å². The molecule has 0 saturated carbocycles. The van der Waals surface area contributed by atoms with Gasteiger partial charge in [0.2, 0.25) is 0 Å². The zero-order valence-corrected chi connectivity index (χ0v) is 55.2. The molecule has 6 nitrogen and oxygen atoms in total. The highest BCUT2D eigenvalue weighted by atomic mass is 16.6. The molecule has 1 unspecified atom stereocenters. The topological polar surface area (TPSA) is 78.9 Å². The van der Waals surface area contributed by atoms with Crippen LogP contribution in [0.25, 0.3) is 0 Å². The van der Waals surface area contributed by atoms with Crippen molar-refractivity contribution in [2.75, 3.05) is 13.2 Å². The lowest BCUT2D eigenvalue weighted by Gasteiger charge is -2.18. The summed E-state index contributed by atoms with van der Waals surface area (Å²) in [5, 5.41) is 0. The molecule has 0 aromatic rings. The Bertz CT molecular complexity index is 1570. The predicted octanol–water partition coefficient (Wildman–Crippen LogP) is 25.0. The molecule has 0 aromatic heterocycles. The molecule has 6 heteroatoms. The van der Waals surface area contributed by atoms with Crippen LogP contribution in [0, 0.1) is 0 Å². The normalized spacial score (nSPS) is 12.6. The summed E-state index contributed by atoms with van der Waals surface area (Å²) in [6, 6.07) is 0. The zero-order valence-electron chi connectivity index (χ0n) is 55.2. The van der Waals surface area contributed by atoms with Gasteiger partial charge in [-0.2, -0.15) is 0 Å². The number of esters is 3. The molecule has 0 N–H and O–H groups in total. The third-order valence-corrected chi connectivity index (χ3v) is 15.9. The van der Waals surface area contributed by atoms with Crippen molar-refractivity contribution in [3.05, 3.63) is 85.1 Å². The first-order valence-corrected chi connectivity index (χ1v) is 36.1. The first-order valence-electron chi connectivity index (χ1n) is 36.1. The average Bonchev–Trinajstić information content (AvgIpc) is 3.48. The number of hydrogen-bond acceptors (Lipinski definition) is 6. The van der Waals surface area contributed by atoms with E-state index in [-0.39, 0.29) is 31.1 Å². The molecule has 83 heavy (non-hydrogen) atoms. The summed E-state index contributed by atoms with van der Waals surface area (Å²) < 4.78 is 16.9. The molecule has 0 spiro atoms. The second-order valence-corrected chi connectivity index (χ2v) is 24.1. The number of allylic oxidation sites excluding steroid dienone is 14. The van der Waals surface area contributed by atoms with Crippen molar-refractivity contribution in [1.29, 1.82) is 0 Å². The monoisotopic (exact) mass is 1160 g/mol. The van der Waals surface area contributed by atoms with Crippen molar-refractivity contribution >= 4 is 17.9 Å². The molecule has 0 fully saturated rings. The summed E-state index contributed by atoms with van der Waals surface area (Å²) in [7, 11) is 0. The van der Waals surface area contributed by atoms with Gasteiger partial charge >= 0.3 is 17.9 Å². The number of rotatable bonds is 66. The van der Waals surface area contributed by atoms with Crippen LogP contribution in [-0.4, -0.2) is 37.2 Å². The van der Waals surface area contributed by atoms with Crippen molar-refractivity contribution in [3.8, 4) is 0 Å². The summed E-state index contributed by atoms with van der Waals surface area (Å²) in [5.41, 5.74) is 0. The molecule has 0 heterocycles. The number of unbranched alkanes of at least 4 members (excludes halogenated alkanes) is 41. The van der Waals surface area contributed by atoms with Gasteiger partial charge in [-0.25, -0.2) is 0 Å². The second-order valence-electron chi connectivity index (χ2n) is 24.1. The fraction of sp³-hybridized carbons (Fsp3) is 0.779. The maximum Gasteiger partial charge on any atom is 0.306 e. The Morgan fingerprint density at radius 3 is 0.783 bits per heavy atom. The number of ether oxygens (including phenoxy) is 3. The van der Waals surface area contributed by atoms with Gasteiger partial charge < -0.3 is 14.2 Å². The van der Waals surface area contributed by atoms with E-state index >= 15 is 0 Å². The first kappa shape index (κ1) is 79.6. The maximum atomic E-state index is 12.9. The van der Waals surface area contributed by atoms with Crippen LogP contribution in [-0.2, 0) is 28.6 Å². The van der Waals surface area contributed by atoms with Crippen LogP contribution in [0.5, 0.6) is 0 Å². The Kier molecular flexibility index (Phi) is 68.2. The van der Waals surface area contributed by atoms with E-state index in [4.69, 9.17) is 14.2 Å². The molecule has 0 amide bonds. The molecule has 0 aliphatic carbocycles. The van der Waals surface area contributed by atoms with Crippen molar-refractivity contribution in [2.24, 2.45) is 0 Å². The van der Waals surface area contributed by atoms with E-state index < -0.39 is 6.10 Å². The summed E-state index contributed by atoms with van der Waals surface area (Å²) in [5.74, 6) is -0.898. The maximum absolute atomic E-state index is 12.9. The van der Waals surface area contributed by atoms with Crippen LogP contribution in [0.1, 0.15) is 367 Å². The molecule has 0 saturated heterocycles. The molecule has 0 bridgehead atoms. The molecular formula is C77H136O6. The van der Waals surface area contributed by atoms with Gasteiger partial charge in [-0.1, -0.05) is 324 Å². The van der Waals surface area contributed by atoms with Crippen LogP contribution >= 0.6 is 0 Å². The van der Waals surface area contributed by atoms with Crippen molar-refractivity contribution in [3.63, 3.8) is 0 Å². The van der Waals surface area contributed by atoms with Crippen LogP contribution in [0.4, 0.5) is 0 Å². The zero-order chi connectivity index (χ0) is 59.9. The lowest BCUT2D eigenvalue weighted by atomic mass is 10.0. The molecule has 0 rings (SSSR count). The summed E-state index contributed by atoms with van der Waals surface area (Å²) in [4.78, 5) is 38.3. The number of hydrogen-bond donors (Lipinski definition) is 0. The highest BCUT2D eigenvalue weighted by Crippen LogP contribution is 2.18. The van der Waals surface area contributed by atoms with Crippen LogP contribution in [0.2, 0.25) is 0 Å². The lowest BCUT2D eigenvalue weighted by molar-refractivity contribution is -0.167. The Labute approximate surface area is 515 Å². The quantitative estimate of drug-likeness (QED) is 0.0261. The Morgan fingerprint density at radius 1 is 0.253 bits per heavy atom. The summed E-state index contributed by atoms with van der Waals surface area (Å²) in [6.07, 6.45) is 94.9. The number of carbonyl (C=O) groups excluding carboxylic acids is 3. The highest BCUT2D eigenvalue weighted by Gasteiger charge is 2.19. The smallest absolute Gasteiger partial charge is 0.306 e. The molecule has 0 aliphatic rings. The van der Waals surface area contributed by atoms with E-state index in [0.29, 0.717) is 19.3 Å². The van der Waals surface area contributed by atoms with E-state index in [1.54, 1.807) is 0 Å². The molecule has 1 atom stereocenters. The van der Waals surface area contributed by atoms with E-state index in [9.17, 15) is 14.4 Å². The Hall–Kier alpha value is -3.41. The minimum atomic E-state index is -0.791. The Morgan fingerprint density at radius 2 is 0.482 bits per heavy atom. The third-order valence-electron chi connectivity index (χ3n) is 15.9. The highest BCUT2D eigenvalue weighted by molar-refractivity contribution is 5.71.